The lowest BCUT2D eigenvalue weighted by Gasteiger charge is -2.04. The lowest BCUT2D eigenvalue weighted by molar-refractivity contribution is -0.112. The Labute approximate surface area is 150 Å². The van der Waals surface area contributed by atoms with Gasteiger partial charge in [0.2, 0.25) is 0 Å². The van der Waals surface area contributed by atoms with Gasteiger partial charge in [0, 0.05) is 29.7 Å². The number of carbonyl (C=O) groups is 1. The predicted molar refractivity (Wildman–Crippen MR) is 97.2 cm³/mol. The number of aryl methyl sites for hydroxylation is 2. The molecule has 0 radical (unpaired) electrons. The zero-order chi connectivity index (χ0) is 18.7. The van der Waals surface area contributed by atoms with Gasteiger partial charge in [-0.15, -0.1) is 5.10 Å². The van der Waals surface area contributed by atoms with Crippen molar-refractivity contribution in [2.75, 3.05) is 0 Å². The van der Waals surface area contributed by atoms with Crippen molar-refractivity contribution in [1.82, 2.24) is 19.7 Å². The van der Waals surface area contributed by atoms with E-state index in [9.17, 15) is 4.79 Å². The van der Waals surface area contributed by atoms with E-state index < -0.39 is 5.91 Å². The first kappa shape index (κ1) is 17.0. The lowest BCUT2D eigenvalue weighted by Crippen LogP contribution is -2.14. The van der Waals surface area contributed by atoms with E-state index >= 15 is 0 Å². The van der Waals surface area contributed by atoms with Crippen LogP contribution in [0.25, 0.3) is 23.2 Å². The van der Waals surface area contributed by atoms with Crippen molar-refractivity contribution in [2.45, 2.75) is 13.8 Å². The van der Waals surface area contributed by atoms with Gasteiger partial charge in [-0.25, -0.2) is 9.67 Å². The van der Waals surface area contributed by atoms with E-state index in [1.54, 1.807) is 6.07 Å². The fourth-order valence-electron chi connectivity index (χ4n) is 2.63. The highest BCUT2D eigenvalue weighted by atomic mass is 16.1. The number of nitriles is 1. The number of nitrogens with two attached hydrogens (primary N) is 1. The van der Waals surface area contributed by atoms with E-state index in [1.807, 2.05) is 32.0 Å². The third kappa shape index (κ3) is 3.65. The summed E-state index contributed by atoms with van der Waals surface area (Å²) in [5.74, 6) is -0.105. The molecular formula is C19H16N6O. The maximum Gasteiger partial charge on any atom is 0.250 e. The number of amides is 1. The SMILES string of the molecule is Cc1cc(C)cc(-c2ncn(C=C(C(N)=O)c3cncc(C#N)c3)n2)c1. The Bertz CT molecular complexity index is 1040. The smallest absolute Gasteiger partial charge is 0.250 e. The molecule has 0 spiro atoms. The van der Waals surface area contributed by atoms with Crippen LogP contribution in [0.4, 0.5) is 0 Å². The van der Waals surface area contributed by atoms with Crippen LogP contribution in [0.2, 0.25) is 0 Å². The summed E-state index contributed by atoms with van der Waals surface area (Å²) in [6.45, 7) is 4.02. The van der Waals surface area contributed by atoms with Crippen LogP contribution in [-0.2, 0) is 4.79 Å². The molecule has 0 aliphatic heterocycles. The number of rotatable bonds is 4. The summed E-state index contributed by atoms with van der Waals surface area (Å²) < 4.78 is 1.42. The number of carbonyl (C=O) groups excluding carboxylic acids is 1. The first-order chi connectivity index (χ1) is 12.5. The second kappa shape index (κ2) is 6.99. The van der Waals surface area contributed by atoms with Crippen LogP contribution in [-0.4, -0.2) is 25.7 Å². The van der Waals surface area contributed by atoms with Gasteiger partial charge in [-0.2, -0.15) is 5.26 Å². The van der Waals surface area contributed by atoms with Gasteiger partial charge in [0.25, 0.3) is 5.91 Å². The molecule has 0 unspecified atom stereocenters. The first-order valence-corrected chi connectivity index (χ1v) is 7.83. The summed E-state index contributed by atoms with van der Waals surface area (Å²) in [5.41, 5.74) is 9.58. The Kier molecular flexibility index (Phi) is 4.58. The molecule has 0 bridgehead atoms. The van der Waals surface area contributed by atoms with Crippen molar-refractivity contribution in [1.29, 1.82) is 5.26 Å². The summed E-state index contributed by atoms with van der Waals surface area (Å²) in [4.78, 5) is 20.1. The highest BCUT2D eigenvalue weighted by molar-refractivity contribution is 6.22. The molecule has 3 aromatic rings. The fraction of sp³-hybridized carbons (Fsp3) is 0.105. The second-order valence-corrected chi connectivity index (χ2v) is 5.91. The molecule has 1 aromatic carbocycles. The third-order valence-corrected chi connectivity index (χ3v) is 3.69. The lowest BCUT2D eigenvalue weighted by atomic mass is 10.1. The molecule has 0 fully saturated rings. The molecular weight excluding hydrogens is 328 g/mol. The normalized spacial score (nSPS) is 11.2. The van der Waals surface area contributed by atoms with Crippen molar-refractivity contribution in [3.8, 4) is 17.5 Å². The first-order valence-electron chi connectivity index (χ1n) is 7.83. The number of aromatic nitrogens is 4. The Balaban J connectivity index is 2.01. The van der Waals surface area contributed by atoms with Gasteiger partial charge in [0.15, 0.2) is 5.82 Å². The van der Waals surface area contributed by atoms with Crippen molar-refractivity contribution in [3.05, 3.63) is 65.2 Å². The third-order valence-electron chi connectivity index (χ3n) is 3.69. The summed E-state index contributed by atoms with van der Waals surface area (Å²) in [5, 5.41) is 13.4. The van der Waals surface area contributed by atoms with E-state index in [-0.39, 0.29) is 5.57 Å². The molecule has 7 heteroatoms. The van der Waals surface area contributed by atoms with Gasteiger partial charge in [0.05, 0.1) is 11.1 Å². The van der Waals surface area contributed by atoms with Crippen molar-refractivity contribution in [2.24, 2.45) is 5.73 Å². The number of nitrogens with zero attached hydrogens (tertiary/aromatic N) is 5. The van der Waals surface area contributed by atoms with Crippen LogP contribution >= 0.6 is 0 Å². The van der Waals surface area contributed by atoms with Gasteiger partial charge < -0.3 is 5.73 Å². The highest BCUT2D eigenvalue weighted by Gasteiger charge is 2.12. The summed E-state index contributed by atoms with van der Waals surface area (Å²) in [6, 6.07) is 9.59. The average molecular weight is 344 g/mol. The van der Waals surface area contributed by atoms with E-state index in [0.717, 1.165) is 16.7 Å². The fourth-order valence-corrected chi connectivity index (χ4v) is 2.63. The maximum absolute atomic E-state index is 11.9. The quantitative estimate of drug-likeness (QED) is 0.730. The van der Waals surface area contributed by atoms with Crippen molar-refractivity contribution < 1.29 is 4.79 Å². The molecule has 128 valence electrons. The number of primary amides is 1. The van der Waals surface area contributed by atoms with Crippen LogP contribution in [0.1, 0.15) is 22.3 Å². The minimum absolute atomic E-state index is 0.187. The summed E-state index contributed by atoms with van der Waals surface area (Å²) >= 11 is 0. The van der Waals surface area contributed by atoms with Crippen LogP contribution in [0.3, 0.4) is 0 Å². The van der Waals surface area contributed by atoms with E-state index in [4.69, 9.17) is 11.0 Å². The van der Waals surface area contributed by atoms with Crippen LogP contribution in [0.15, 0.2) is 43.0 Å². The zero-order valence-corrected chi connectivity index (χ0v) is 14.3. The Morgan fingerprint density at radius 2 is 1.92 bits per heavy atom. The van der Waals surface area contributed by atoms with Crippen LogP contribution in [0.5, 0.6) is 0 Å². The van der Waals surface area contributed by atoms with Crippen molar-refractivity contribution >= 4 is 17.7 Å². The molecule has 7 nitrogen and oxygen atoms in total. The minimum atomic E-state index is -0.648. The van der Waals surface area contributed by atoms with E-state index in [2.05, 4.69) is 21.1 Å². The Morgan fingerprint density at radius 3 is 2.58 bits per heavy atom. The Hall–Kier alpha value is -3.79. The van der Waals surface area contributed by atoms with Gasteiger partial charge in [-0.1, -0.05) is 17.2 Å². The van der Waals surface area contributed by atoms with Gasteiger partial charge in [0.1, 0.15) is 12.4 Å². The number of benzene rings is 1. The molecule has 2 N–H and O–H groups in total. The number of pyridine rings is 1. The van der Waals surface area contributed by atoms with Crippen molar-refractivity contribution in [3.63, 3.8) is 0 Å². The van der Waals surface area contributed by atoms with Gasteiger partial charge in [-0.05, 0) is 32.0 Å². The maximum atomic E-state index is 11.9. The molecule has 0 aliphatic carbocycles. The molecule has 3 rings (SSSR count). The highest BCUT2D eigenvalue weighted by Crippen LogP contribution is 2.20. The Morgan fingerprint density at radius 1 is 1.19 bits per heavy atom. The van der Waals surface area contributed by atoms with E-state index in [0.29, 0.717) is 17.0 Å². The zero-order valence-electron chi connectivity index (χ0n) is 14.3. The predicted octanol–water partition coefficient (Wildman–Crippen LogP) is 2.31. The topological polar surface area (TPSA) is 110 Å². The molecule has 2 aromatic heterocycles. The molecule has 0 saturated heterocycles. The number of hydrogen-bond acceptors (Lipinski definition) is 5. The minimum Gasteiger partial charge on any atom is -0.366 e. The second-order valence-electron chi connectivity index (χ2n) is 5.91. The van der Waals surface area contributed by atoms with E-state index in [1.165, 1.54) is 29.6 Å². The van der Waals surface area contributed by atoms with Gasteiger partial charge in [-0.3, -0.25) is 9.78 Å². The van der Waals surface area contributed by atoms with Crippen LogP contribution < -0.4 is 5.73 Å². The van der Waals surface area contributed by atoms with Crippen LogP contribution in [0, 0.1) is 25.2 Å². The standard InChI is InChI=1S/C19H16N6O/c1-12-3-13(2)5-15(4-12)19-23-11-25(24-19)10-17(18(21)26)16-6-14(7-20)8-22-9-16/h3-6,8-11H,1-2H3,(H2,21,26). The molecule has 0 saturated carbocycles. The molecule has 0 aliphatic rings. The molecule has 0 atom stereocenters. The summed E-state index contributed by atoms with van der Waals surface area (Å²) in [7, 11) is 0. The number of hydrogen-bond donors (Lipinski definition) is 1. The molecule has 26 heavy (non-hydrogen) atoms. The monoisotopic (exact) mass is 344 g/mol. The average Bonchev–Trinajstić information content (AvgIpc) is 3.07. The molecule has 2 heterocycles. The molecule has 1 amide bonds. The summed E-state index contributed by atoms with van der Waals surface area (Å²) in [6.07, 6.45) is 5.85. The largest absolute Gasteiger partial charge is 0.366 e. The van der Waals surface area contributed by atoms with Gasteiger partial charge >= 0.3 is 0 Å².